The largest absolute Gasteiger partial charge is 0.205 e. The Hall–Kier alpha value is -3.63. The predicted molar refractivity (Wildman–Crippen MR) is 148 cm³/mol. The van der Waals surface area contributed by atoms with Gasteiger partial charge in [0.05, 0.1) is 5.56 Å². The Balaban J connectivity index is 1.46. The van der Waals surface area contributed by atoms with E-state index in [1.807, 2.05) is 30.3 Å². The lowest BCUT2D eigenvalue weighted by atomic mass is 10.00. The van der Waals surface area contributed by atoms with E-state index in [-0.39, 0.29) is 5.82 Å². The summed E-state index contributed by atoms with van der Waals surface area (Å²) in [6, 6.07) is 26.6. The van der Waals surface area contributed by atoms with Gasteiger partial charge in [-0.25, -0.2) is 4.39 Å². The Kier molecular flexibility index (Phi) is 8.53. The van der Waals surface area contributed by atoms with Crippen LogP contribution in [0.3, 0.4) is 0 Å². The maximum atomic E-state index is 15.1. The fourth-order valence-corrected chi connectivity index (χ4v) is 4.37. The van der Waals surface area contributed by atoms with E-state index in [9.17, 15) is 0 Å². The maximum absolute atomic E-state index is 15.1. The molecule has 0 radical (unpaired) electrons. The van der Waals surface area contributed by atoms with Crippen molar-refractivity contribution in [1.82, 2.24) is 0 Å². The van der Waals surface area contributed by atoms with Gasteiger partial charge in [0.25, 0.3) is 0 Å². The van der Waals surface area contributed by atoms with Gasteiger partial charge in [0.2, 0.25) is 0 Å². The van der Waals surface area contributed by atoms with Crippen molar-refractivity contribution in [3.8, 4) is 23.0 Å². The summed E-state index contributed by atoms with van der Waals surface area (Å²) in [7, 11) is 0. The molecule has 0 N–H and O–H groups in total. The Morgan fingerprint density at radius 3 is 2.17 bits per heavy atom. The van der Waals surface area contributed by atoms with Crippen LogP contribution in [0.25, 0.3) is 21.9 Å². The van der Waals surface area contributed by atoms with Gasteiger partial charge in [0, 0.05) is 10.9 Å². The number of hydrogen-bond acceptors (Lipinski definition) is 0. The minimum Gasteiger partial charge on any atom is -0.205 e. The Labute approximate surface area is 209 Å². The van der Waals surface area contributed by atoms with Crippen LogP contribution in [0.2, 0.25) is 0 Å². The molecule has 0 nitrogen and oxygen atoms in total. The molecule has 4 aromatic carbocycles. The molecular weight excluding hydrogens is 427 g/mol. The number of aryl methyl sites for hydroxylation is 2. The van der Waals surface area contributed by atoms with Crippen molar-refractivity contribution in [1.29, 1.82) is 0 Å². The maximum Gasteiger partial charge on any atom is 0.146 e. The molecule has 35 heavy (non-hydrogen) atoms. The highest BCUT2D eigenvalue weighted by atomic mass is 19.1. The van der Waals surface area contributed by atoms with Gasteiger partial charge in [-0.15, -0.1) is 6.58 Å². The van der Waals surface area contributed by atoms with Gasteiger partial charge < -0.3 is 0 Å². The summed E-state index contributed by atoms with van der Waals surface area (Å²) in [6.45, 7) is 6.01. The zero-order chi connectivity index (χ0) is 24.5. The van der Waals surface area contributed by atoms with Crippen molar-refractivity contribution < 1.29 is 4.39 Å². The van der Waals surface area contributed by atoms with E-state index in [0.717, 1.165) is 35.8 Å². The van der Waals surface area contributed by atoms with Crippen LogP contribution in [-0.2, 0) is 12.8 Å². The van der Waals surface area contributed by atoms with E-state index < -0.39 is 0 Å². The molecule has 0 saturated carbocycles. The minimum atomic E-state index is -0.235. The SMILES string of the molecule is C=CCCc1ccc(-c2ccc(C#Cc3ccc4cc(CCCCCC)ccc4c3F)cc2)cc1. The molecule has 176 valence electrons. The van der Waals surface area contributed by atoms with Crippen molar-refractivity contribution in [3.63, 3.8) is 0 Å². The molecule has 0 amide bonds. The third-order valence-corrected chi connectivity index (χ3v) is 6.49. The first-order valence-corrected chi connectivity index (χ1v) is 12.7. The summed E-state index contributed by atoms with van der Waals surface area (Å²) in [5.74, 6) is 5.93. The average molecular weight is 461 g/mol. The molecule has 0 heterocycles. The Morgan fingerprint density at radius 2 is 1.46 bits per heavy atom. The smallest absolute Gasteiger partial charge is 0.146 e. The second-order valence-electron chi connectivity index (χ2n) is 9.14. The minimum absolute atomic E-state index is 0.235. The Morgan fingerprint density at radius 1 is 0.743 bits per heavy atom. The van der Waals surface area contributed by atoms with Crippen LogP contribution < -0.4 is 0 Å². The average Bonchev–Trinajstić information content (AvgIpc) is 2.90. The first-order valence-electron chi connectivity index (χ1n) is 12.7. The van der Waals surface area contributed by atoms with Crippen LogP contribution in [-0.4, -0.2) is 0 Å². The zero-order valence-electron chi connectivity index (χ0n) is 20.6. The van der Waals surface area contributed by atoms with E-state index in [2.05, 4.69) is 73.9 Å². The number of benzene rings is 4. The third kappa shape index (κ3) is 6.49. The highest BCUT2D eigenvalue weighted by molar-refractivity contribution is 5.85. The summed E-state index contributed by atoms with van der Waals surface area (Å²) in [4.78, 5) is 0. The van der Waals surface area contributed by atoms with Gasteiger partial charge in [-0.1, -0.05) is 105 Å². The molecule has 0 bridgehead atoms. The summed E-state index contributed by atoms with van der Waals surface area (Å²) in [5, 5.41) is 1.59. The van der Waals surface area contributed by atoms with Crippen LogP contribution in [0.1, 0.15) is 61.3 Å². The molecule has 0 aliphatic rings. The molecular formula is C34H33F. The van der Waals surface area contributed by atoms with Gasteiger partial charge in [-0.2, -0.15) is 0 Å². The van der Waals surface area contributed by atoms with Crippen LogP contribution >= 0.6 is 0 Å². The van der Waals surface area contributed by atoms with Crippen molar-refractivity contribution >= 4 is 10.8 Å². The second-order valence-corrected chi connectivity index (χ2v) is 9.14. The van der Waals surface area contributed by atoms with Crippen LogP contribution in [0, 0.1) is 17.7 Å². The van der Waals surface area contributed by atoms with Gasteiger partial charge >= 0.3 is 0 Å². The van der Waals surface area contributed by atoms with E-state index >= 15 is 4.39 Å². The summed E-state index contributed by atoms with van der Waals surface area (Å²) in [5.41, 5.74) is 6.23. The molecule has 0 unspecified atom stereocenters. The van der Waals surface area contributed by atoms with Crippen LogP contribution in [0.4, 0.5) is 4.39 Å². The van der Waals surface area contributed by atoms with E-state index in [1.54, 1.807) is 6.07 Å². The monoisotopic (exact) mass is 460 g/mol. The number of halogens is 1. The van der Waals surface area contributed by atoms with Gasteiger partial charge in [-0.3, -0.25) is 0 Å². The van der Waals surface area contributed by atoms with Crippen LogP contribution in [0.15, 0.2) is 91.5 Å². The van der Waals surface area contributed by atoms with E-state index in [1.165, 1.54) is 42.4 Å². The summed E-state index contributed by atoms with van der Waals surface area (Å²) < 4.78 is 15.1. The standard InChI is InChI=1S/C34H33F/c1-3-5-7-8-10-28-16-24-33-32(25-28)23-22-31(34(33)35)21-15-27-13-19-30(20-14-27)29-17-11-26(12-18-29)9-6-4-2/h4,11-14,16-20,22-25H,2-3,5-10H2,1H3. The lowest BCUT2D eigenvalue weighted by molar-refractivity contribution is 0.636. The van der Waals surface area contributed by atoms with Crippen molar-refractivity contribution in [2.24, 2.45) is 0 Å². The van der Waals surface area contributed by atoms with Crippen molar-refractivity contribution in [2.75, 3.05) is 0 Å². The molecule has 4 rings (SSSR count). The molecule has 0 aliphatic carbocycles. The van der Waals surface area contributed by atoms with Gasteiger partial charge in [0.1, 0.15) is 5.82 Å². The Bertz CT molecular complexity index is 1330. The molecule has 1 heteroatoms. The van der Waals surface area contributed by atoms with E-state index in [4.69, 9.17) is 0 Å². The van der Waals surface area contributed by atoms with Crippen molar-refractivity contribution in [3.05, 3.63) is 120 Å². The first kappa shape index (κ1) is 24.5. The number of rotatable bonds is 9. The molecule has 4 aromatic rings. The normalized spacial score (nSPS) is 10.7. The quantitative estimate of drug-likeness (QED) is 0.133. The molecule has 0 aliphatic heterocycles. The van der Waals surface area contributed by atoms with Crippen molar-refractivity contribution in [2.45, 2.75) is 51.9 Å². The number of unbranched alkanes of at least 4 members (excludes halogenated alkanes) is 3. The second kappa shape index (κ2) is 12.2. The highest BCUT2D eigenvalue weighted by Crippen LogP contribution is 2.24. The third-order valence-electron chi connectivity index (χ3n) is 6.49. The molecule has 0 fully saturated rings. The predicted octanol–water partition coefficient (Wildman–Crippen LogP) is 9.29. The topological polar surface area (TPSA) is 0 Å². The van der Waals surface area contributed by atoms with Crippen LogP contribution in [0.5, 0.6) is 0 Å². The van der Waals surface area contributed by atoms with Gasteiger partial charge in [0.15, 0.2) is 0 Å². The zero-order valence-corrected chi connectivity index (χ0v) is 20.6. The fraction of sp³-hybridized carbons (Fsp3) is 0.235. The fourth-order valence-electron chi connectivity index (χ4n) is 4.37. The molecule has 0 aromatic heterocycles. The van der Waals surface area contributed by atoms with Gasteiger partial charge in [-0.05, 0) is 71.5 Å². The number of hydrogen-bond donors (Lipinski definition) is 0. The van der Waals surface area contributed by atoms with E-state index in [0.29, 0.717) is 10.9 Å². The number of fused-ring (bicyclic) bond motifs is 1. The number of allylic oxidation sites excluding steroid dienone is 1. The summed E-state index contributed by atoms with van der Waals surface area (Å²) in [6.07, 6.45) is 9.95. The molecule has 0 spiro atoms. The molecule has 0 saturated heterocycles. The molecule has 0 atom stereocenters. The lowest BCUT2D eigenvalue weighted by Gasteiger charge is -2.06. The first-order chi connectivity index (χ1) is 17.2. The highest BCUT2D eigenvalue weighted by Gasteiger charge is 2.07. The lowest BCUT2D eigenvalue weighted by Crippen LogP contribution is -1.90. The summed E-state index contributed by atoms with van der Waals surface area (Å²) >= 11 is 0.